The van der Waals surface area contributed by atoms with Crippen LogP contribution >= 0.6 is 0 Å². The van der Waals surface area contributed by atoms with Gasteiger partial charge in [0.1, 0.15) is 5.82 Å². The Hall–Kier alpha value is -2.89. The number of likely N-dealkylation sites (tertiary alicyclic amines) is 1. The molecule has 0 spiro atoms. The fraction of sp³-hybridized carbons (Fsp3) is 0.333. The van der Waals surface area contributed by atoms with E-state index in [1.807, 2.05) is 4.90 Å². The molecule has 1 aliphatic heterocycles. The number of benzene rings is 2. The highest BCUT2D eigenvalue weighted by molar-refractivity contribution is 5.96. The molecule has 2 amide bonds. The van der Waals surface area contributed by atoms with Gasteiger partial charge in [-0.25, -0.2) is 4.39 Å². The van der Waals surface area contributed by atoms with Crippen LogP contribution < -0.4 is 10.6 Å². The molecule has 0 unspecified atom stereocenters. The number of rotatable bonds is 5. The average Bonchev–Trinajstić information content (AvgIpc) is 2.68. The molecule has 1 aliphatic rings. The van der Waals surface area contributed by atoms with Crippen molar-refractivity contribution >= 4 is 23.2 Å². The van der Waals surface area contributed by atoms with Crippen LogP contribution in [-0.2, 0) is 4.79 Å². The van der Waals surface area contributed by atoms with Gasteiger partial charge in [-0.1, -0.05) is 25.1 Å². The van der Waals surface area contributed by atoms with Crippen LogP contribution in [0.5, 0.6) is 0 Å². The third-order valence-electron chi connectivity index (χ3n) is 4.78. The molecule has 2 aromatic rings. The lowest BCUT2D eigenvalue weighted by molar-refractivity contribution is -0.114. The van der Waals surface area contributed by atoms with Gasteiger partial charge in [-0.2, -0.15) is 0 Å². The quantitative estimate of drug-likeness (QED) is 0.844. The predicted octanol–water partition coefficient (Wildman–Crippen LogP) is 3.75. The van der Waals surface area contributed by atoms with Crippen LogP contribution in [-0.4, -0.2) is 36.3 Å². The summed E-state index contributed by atoms with van der Waals surface area (Å²) in [4.78, 5) is 26.6. The van der Waals surface area contributed by atoms with Crippen LogP contribution in [0.3, 0.4) is 0 Å². The van der Waals surface area contributed by atoms with E-state index < -0.39 is 5.82 Å². The average molecular weight is 369 g/mol. The van der Waals surface area contributed by atoms with Crippen LogP contribution in [0.25, 0.3) is 0 Å². The summed E-state index contributed by atoms with van der Waals surface area (Å²) in [6, 6.07) is 13.1. The number of amides is 2. The van der Waals surface area contributed by atoms with E-state index in [0.29, 0.717) is 17.2 Å². The zero-order valence-corrected chi connectivity index (χ0v) is 15.4. The predicted molar refractivity (Wildman–Crippen MR) is 104 cm³/mol. The van der Waals surface area contributed by atoms with Crippen molar-refractivity contribution in [3.05, 3.63) is 59.9 Å². The molecule has 0 aromatic heterocycles. The van der Waals surface area contributed by atoms with Gasteiger partial charge in [0.15, 0.2) is 0 Å². The minimum Gasteiger partial charge on any atom is -0.376 e. The van der Waals surface area contributed by atoms with E-state index in [2.05, 4.69) is 17.6 Å². The molecular weight excluding hydrogens is 345 g/mol. The van der Waals surface area contributed by atoms with Gasteiger partial charge >= 0.3 is 0 Å². The van der Waals surface area contributed by atoms with Gasteiger partial charge in [0, 0.05) is 24.3 Å². The van der Waals surface area contributed by atoms with Crippen molar-refractivity contribution in [2.24, 2.45) is 5.92 Å². The highest BCUT2D eigenvalue weighted by Gasteiger charge is 2.21. The number of hydrogen-bond acceptors (Lipinski definition) is 3. The zero-order chi connectivity index (χ0) is 19.2. The molecule has 0 radical (unpaired) electrons. The number of para-hydroxylation sites is 1. The molecule has 2 aromatic carbocycles. The van der Waals surface area contributed by atoms with Crippen molar-refractivity contribution in [3.63, 3.8) is 0 Å². The topological polar surface area (TPSA) is 61.4 Å². The Morgan fingerprint density at radius 1 is 1.11 bits per heavy atom. The highest BCUT2D eigenvalue weighted by atomic mass is 19.1. The maximum atomic E-state index is 13.6. The molecule has 0 atom stereocenters. The number of piperidine rings is 1. The fourth-order valence-electron chi connectivity index (χ4n) is 3.10. The molecule has 3 rings (SSSR count). The van der Waals surface area contributed by atoms with E-state index in [9.17, 15) is 14.0 Å². The molecule has 2 N–H and O–H groups in total. The standard InChI is InChI=1S/C21H24FN3O2/c1-15-9-11-25(12-10-15)21(27)16-5-4-6-17(13-16)23-14-20(26)24-19-8-3-2-7-18(19)22/h2-8,13,15,23H,9-12,14H2,1H3,(H,24,26). The van der Waals surface area contributed by atoms with E-state index in [4.69, 9.17) is 0 Å². The second kappa shape index (κ2) is 8.66. The van der Waals surface area contributed by atoms with Crippen molar-refractivity contribution < 1.29 is 14.0 Å². The molecule has 27 heavy (non-hydrogen) atoms. The Morgan fingerprint density at radius 3 is 2.59 bits per heavy atom. The van der Waals surface area contributed by atoms with Gasteiger partial charge in [0.25, 0.3) is 5.91 Å². The maximum Gasteiger partial charge on any atom is 0.253 e. The number of nitrogens with zero attached hydrogens (tertiary/aromatic N) is 1. The molecular formula is C21H24FN3O2. The summed E-state index contributed by atoms with van der Waals surface area (Å²) in [6.45, 7) is 3.75. The first kappa shape index (κ1) is 18.9. The smallest absolute Gasteiger partial charge is 0.253 e. The number of hydrogen-bond donors (Lipinski definition) is 2. The van der Waals surface area contributed by atoms with Gasteiger partial charge in [0.2, 0.25) is 5.91 Å². The highest BCUT2D eigenvalue weighted by Crippen LogP contribution is 2.19. The lowest BCUT2D eigenvalue weighted by Crippen LogP contribution is -2.37. The third kappa shape index (κ3) is 5.06. The molecule has 5 nitrogen and oxygen atoms in total. The summed E-state index contributed by atoms with van der Waals surface area (Å²) >= 11 is 0. The number of carbonyl (C=O) groups is 2. The normalized spacial score (nSPS) is 14.7. The van der Waals surface area contributed by atoms with E-state index in [-0.39, 0.29) is 24.0 Å². The molecule has 0 aliphatic carbocycles. The van der Waals surface area contributed by atoms with Crippen LogP contribution in [0.4, 0.5) is 15.8 Å². The summed E-state index contributed by atoms with van der Waals surface area (Å²) in [6.07, 6.45) is 2.06. The Labute approximate surface area is 158 Å². The van der Waals surface area contributed by atoms with Crippen molar-refractivity contribution in [1.82, 2.24) is 4.90 Å². The van der Waals surface area contributed by atoms with Gasteiger partial charge in [-0.3, -0.25) is 9.59 Å². The summed E-state index contributed by atoms with van der Waals surface area (Å²) < 4.78 is 13.6. The van der Waals surface area contributed by atoms with Crippen molar-refractivity contribution in [2.75, 3.05) is 30.3 Å². The number of carbonyl (C=O) groups excluding carboxylic acids is 2. The van der Waals surface area contributed by atoms with Gasteiger partial charge in [-0.05, 0) is 49.1 Å². The summed E-state index contributed by atoms with van der Waals surface area (Å²) in [7, 11) is 0. The molecule has 0 saturated carbocycles. The summed E-state index contributed by atoms with van der Waals surface area (Å²) in [5.74, 6) is -0.160. The second-order valence-corrected chi connectivity index (χ2v) is 6.94. The largest absolute Gasteiger partial charge is 0.376 e. The Morgan fingerprint density at radius 2 is 1.85 bits per heavy atom. The molecule has 1 saturated heterocycles. The second-order valence-electron chi connectivity index (χ2n) is 6.94. The van der Waals surface area contributed by atoms with E-state index in [0.717, 1.165) is 25.9 Å². The minimum absolute atomic E-state index is 0.0151. The van der Waals surface area contributed by atoms with Crippen molar-refractivity contribution in [1.29, 1.82) is 0 Å². The van der Waals surface area contributed by atoms with Crippen LogP contribution in [0.15, 0.2) is 48.5 Å². The minimum atomic E-state index is -0.478. The van der Waals surface area contributed by atoms with Gasteiger partial charge in [-0.15, -0.1) is 0 Å². The number of halogens is 1. The summed E-state index contributed by atoms with van der Waals surface area (Å²) in [5, 5.41) is 5.51. The number of anilines is 2. The third-order valence-corrected chi connectivity index (χ3v) is 4.78. The van der Waals surface area contributed by atoms with Crippen LogP contribution in [0.2, 0.25) is 0 Å². The van der Waals surface area contributed by atoms with Crippen molar-refractivity contribution in [3.8, 4) is 0 Å². The van der Waals surface area contributed by atoms with Gasteiger partial charge < -0.3 is 15.5 Å². The molecule has 142 valence electrons. The Kier molecular flexibility index (Phi) is 6.06. The van der Waals surface area contributed by atoms with Crippen LogP contribution in [0.1, 0.15) is 30.1 Å². The lowest BCUT2D eigenvalue weighted by Gasteiger charge is -2.30. The molecule has 1 fully saturated rings. The summed E-state index contributed by atoms with van der Waals surface area (Å²) in [5.41, 5.74) is 1.42. The monoisotopic (exact) mass is 369 g/mol. The zero-order valence-electron chi connectivity index (χ0n) is 15.4. The van der Waals surface area contributed by atoms with Crippen molar-refractivity contribution in [2.45, 2.75) is 19.8 Å². The Balaban J connectivity index is 1.56. The van der Waals surface area contributed by atoms with E-state index in [1.165, 1.54) is 12.1 Å². The van der Waals surface area contributed by atoms with E-state index in [1.54, 1.807) is 36.4 Å². The molecule has 6 heteroatoms. The van der Waals surface area contributed by atoms with Gasteiger partial charge in [0.05, 0.1) is 12.2 Å². The first-order valence-corrected chi connectivity index (χ1v) is 9.20. The lowest BCUT2D eigenvalue weighted by atomic mass is 9.98. The first-order valence-electron chi connectivity index (χ1n) is 9.20. The Bertz CT molecular complexity index is 817. The van der Waals surface area contributed by atoms with E-state index >= 15 is 0 Å². The number of nitrogens with one attached hydrogen (secondary N) is 2. The molecule has 0 bridgehead atoms. The van der Waals surface area contributed by atoms with Crippen LogP contribution in [0, 0.1) is 11.7 Å². The fourth-order valence-corrected chi connectivity index (χ4v) is 3.10. The first-order chi connectivity index (χ1) is 13.0. The molecule has 1 heterocycles. The maximum absolute atomic E-state index is 13.6. The SMILES string of the molecule is CC1CCN(C(=O)c2cccc(NCC(=O)Nc3ccccc3F)c2)CC1.